The predicted octanol–water partition coefficient (Wildman–Crippen LogP) is 8.97. The molecule has 1 aliphatic carbocycles. The van der Waals surface area contributed by atoms with Gasteiger partial charge in [-0.25, -0.2) is 0 Å². The van der Waals surface area contributed by atoms with Gasteiger partial charge in [0.25, 0.3) is 0 Å². The van der Waals surface area contributed by atoms with Crippen LogP contribution in [0.1, 0.15) is 41.5 Å². The summed E-state index contributed by atoms with van der Waals surface area (Å²) in [7, 11) is 0. The van der Waals surface area contributed by atoms with Gasteiger partial charge in [0.1, 0.15) is 0 Å². The molecule has 0 fully saturated rings. The van der Waals surface area contributed by atoms with Crippen LogP contribution < -0.4 is 0 Å². The number of rotatable bonds is 4. The van der Waals surface area contributed by atoms with E-state index >= 15 is 0 Å². The Kier molecular flexibility index (Phi) is 4.92. The SMILES string of the molecule is CCC1C(c2ccccc2)=C(c2ccccc2)c2c(-c3ccccc3)ccc3cccc1c23. The summed E-state index contributed by atoms with van der Waals surface area (Å²) < 4.78 is 0. The summed E-state index contributed by atoms with van der Waals surface area (Å²) >= 11 is 0. The van der Waals surface area contributed by atoms with Crippen molar-refractivity contribution in [1.29, 1.82) is 0 Å². The Morgan fingerprint density at radius 1 is 0.545 bits per heavy atom. The molecule has 0 saturated carbocycles. The van der Waals surface area contributed by atoms with Gasteiger partial charge in [-0.1, -0.05) is 128 Å². The number of hydrogen-bond acceptors (Lipinski definition) is 0. The summed E-state index contributed by atoms with van der Waals surface area (Å²) in [4.78, 5) is 0. The molecule has 0 nitrogen and oxygen atoms in total. The second-order valence-corrected chi connectivity index (χ2v) is 8.78. The Morgan fingerprint density at radius 3 is 1.79 bits per heavy atom. The summed E-state index contributed by atoms with van der Waals surface area (Å²) in [6.07, 6.45) is 1.06. The van der Waals surface area contributed by atoms with Gasteiger partial charge in [-0.15, -0.1) is 0 Å². The average Bonchev–Trinajstić information content (AvgIpc) is 2.90. The Bertz CT molecular complexity index is 1460. The highest BCUT2D eigenvalue weighted by molar-refractivity contribution is 6.15. The molecule has 33 heavy (non-hydrogen) atoms. The van der Waals surface area contributed by atoms with Crippen LogP contribution >= 0.6 is 0 Å². The molecular formula is C33H26. The van der Waals surface area contributed by atoms with E-state index in [1.807, 2.05) is 0 Å². The average molecular weight is 423 g/mol. The highest BCUT2D eigenvalue weighted by Gasteiger charge is 2.31. The summed E-state index contributed by atoms with van der Waals surface area (Å²) in [5.74, 6) is 0.352. The van der Waals surface area contributed by atoms with Gasteiger partial charge in [0.15, 0.2) is 0 Å². The molecule has 0 radical (unpaired) electrons. The lowest BCUT2D eigenvalue weighted by atomic mass is 9.70. The molecule has 158 valence electrons. The van der Waals surface area contributed by atoms with E-state index in [1.54, 1.807) is 0 Å². The van der Waals surface area contributed by atoms with Crippen molar-refractivity contribution in [1.82, 2.24) is 0 Å². The van der Waals surface area contributed by atoms with Crippen LogP contribution in [0.3, 0.4) is 0 Å². The Labute approximate surface area is 195 Å². The van der Waals surface area contributed by atoms with Gasteiger partial charge in [-0.2, -0.15) is 0 Å². The molecule has 0 amide bonds. The van der Waals surface area contributed by atoms with Gasteiger partial charge >= 0.3 is 0 Å². The van der Waals surface area contributed by atoms with Crippen molar-refractivity contribution >= 4 is 21.9 Å². The Balaban J connectivity index is 1.82. The fourth-order valence-corrected chi connectivity index (χ4v) is 5.57. The molecule has 1 unspecified atom stereocenters. The lowest BCUT2D eigenvalue weighted by molar-refractivity contribution is 0.827. The molecule has 1 aliphatic rings. The van der Waals surface area contributed by atoms with Crippen LogP contribution in [0.25, 0.3) is 33.0 Å². The van der Waals surface area contributed by atoms with E-state index in [-0.39, 0.29) is 0 Å². The van der Waals surface area contributed by atoms with Gasteiger partial charge in [0.2, 0.25) is 0 Å². The summed E-state index contributed by atoms with van der Waals surface area (Å²) in [5.41, 5.74) is 10.8. The van der Waals surface area contributed by atoms with Crippen molar-refractivity contribution in [3.8, 4) is 11.1 Å². The second kappa shape index (κ2) is 8.22. The van der Waals surface area contributed by atoms with Crippen LogP contribution in [0.5, 0.6) is 0 Å². The zero-order valence-electron chi connectivity index (χ0n) is 18.8. The molecule has 0 bridgehead atoms. The zero-order valence-corrected chi connectivity index (χ0v) is 18.8. The molecule has 1 atom stereocenters. The minimum Gasteiger partial charge on any atom is -0.0645 e. The van der Waals surface area contributed by atoms with Gasteiger partial charge in [0.05, 0.1) is 0 Å². The highest BCUT2D eigenvalue weighted by Crippen LogP contribution is 2.53. The summed E-state index contributed by atoms with van der Waals surface area (Å²) in [6, 6.07) is 44.2. The van der Waals surface area contributed by atoms with Crippen LogP contribution in [-0.2, 0) is 0 Å². The Hall–Kier alpha value is -3.90. The molecule has 0 heterocycles. The molecule has 0 saturated heterocycles. The van der Waals surface area contributed by atoms with E-state index in [0.29, 0.717) is 5.92 Å². The van der Waals surface area contributed by atoms with Crippen LogP contribution in [0, 0.1) is 0 Å². The summed E-state index contributed by atoms with van der Waals surface area (Å²) in [5, 5.41) is 2.73. The van der Waals surface area contributed by atoms with Crippen molar-refractivity contribution in [2.75, 3.05) is 0 Å². The van der Waals surface area contributed by atoms with E-state index < -0.39 is 0 Å². The topological polar surface area (TPSA) is 0 Å². The van der Waals surface area contributed by atoms with Crippen molar-refractivity contribution in [2.45, 2.75) is 19.3 Å². The van der Waals surface area contributed by atoms with Gasteiger partial charge < -0.3 is 0 Å². The van der Waals surface area contributed by atoms with E-state index in [9.17, 15) is 0 Å². The quantitative estimate of drug-likeness (QED) is 0.271. The highest BCUT2D eigenvalue weighted by atomic mass is 14.3. The lowest BCUT2D eigenvalue weighted by Gasteiger charge is -2.33. The van der Waals surface area contributed by atoms with Gasteiger partial charge in [0, 0.05) is 5.92 Å². The minimum absolute atomic E-state index is 0.352. The molecule has 0 spiro atoms. The maximum atomic E-state index is 2.35. The maximum absolute atomic E-state index is 2.35. The largest absolute Gasteiger partial charge is 0.0645 e. The van der Waals surface area contributed by atoms with Crippen LogP contribution in [0.4, 0.5) is 0 Å². The zero-order chi connectivity index (χ0) is 22.2. The molecule has 0 N–H and O–H groups in total. The van der Waals surface area contributed by atoms with Crippen molar-refractivity contribution in [3.63, 3.8) is 0 Å². The first-order chi connectivity index (χ1) is 16.4. The van der Waals surface area contributed by atoms with E-state index in [4.69, 9.17) is 0 Å². The van der Waals surface area contributed by atoms with Crippen molar-refractivity contribution in [2.24, 2.45) is 0 Å². The molecule has 5 aromatic carbocycles. The second-order valence-electron chi connectivity index (χ2n) is 8.78. The van der Waals surface area contributed by atoms with Crippen molar-refractivity contribution in [3.05, 3.63) is 144 Å². The fraction of sp³-hybridized carbons (Fsp3) is 0.0909. The molecule has 5 aromatic rings. The molecule has 0 aromatic heterocycles. The van der Waals surface area contributed by atoms with Crippen LogP contribution in [-0.4, -0.2) is 0 Å². The predicted molar refractivity (Wildman–Crippen MR) is 141 cm³/mol. The number of benzene rings is 5. The molecule has 0 aliphatic heterocycles. The maximum Gasteiger partial charge on any atom is 0.0105 e. The van der Waals surface area contributed by atoms with E-state index in [0.717, 1.165) is 6.42 Å². The van der Waals surface area contributed by atoms with Gasteiger partial charge in [-0.3, -0.25) is 0 Å². The summed E-state index contributed by atoms with van der Waals surface area (Å²) in [6.45, 7) is 2.32. The molecule has 0 heteroatoms. The van der Waals surface area contributed by atoms with Crippen LogP contribution in [0.2, 0.25) is 0 Å². The van der Waals surface area contributed by atoms with Crippen LogP contribution in [0.15, 0.2) is 121 Å². The van der Waals surface area contributed by atoms with E-state index in [2.05, 4.69) is 128 Å². The first kappa shape index (κ1) is 19.8. The standard InChI is InChI=1S/C33H26/c1-2-27-29-20-12-19-26-21-22-28(23-13-6-3-7-14-23)33(31(26)29)32(25-17-10-5-11-18-25)30(27)24-15-8-4-9-16-24/h3-22,27H,2H2,1H3. The molecular weight excluding hydrogens is 396 g/mol. The smallest absolute Gasteiger partial charge is 0.0105 e. The fourth-order valence-electron chi connectivity index (χ4n) is 5.57. The first-order valence-electron chi connectivity index (χ1n) is 11.8. The van der Waals surface area contributed by atoms with E-state index in [1.165, 1.54) is 55.3 Å². The van der Waals surface area contributed by atoms with Gasteiger partial charge in [-0.05, 0) is 61.7 Å². The lowest BCUT2D eigenvalue weighted by Crippen LogP contribution is -2.12. The number of hydrogen-bond donors (Lipinski definition) is 0. The third kappa shape index (κ3) is 3.22. The normalized spacial score (nSPS) is 15.1. The third-order valence-electron chi connectivity index (χ3n) is 6.96. The minimum atomic E-state index is 0.352. The van der Waals surface area contributed by atoms with Crippen molar-refractivity contribution < 1.29 is 0 Å². The Morgan fingerprint density at radius 2 is 1.15 bits per heavy atom. The third-order valence-corrected chi connectivity index (χ3v) is 6.96. The first-order valence-corrected chi connectivity index (χ1v) is 11.8. The monoisotopic (exact) mass is 422 g/mol. The molecule has 6 rings (SSSR count). The number of allylic oxidation sites excluding steroid dienone is 1.